The number of pyridine rings is 1. The molecular weight excluding hydrogens is 346 g/mol. The summed E-state index contributed by atoms with van der Waals surface area (Å²) in [6, 6.07) is 11.2. The van der Waals surface area contributed by atoms with Gasteiger partial charge in [-0.2, -0.15) is 0 Å². The highest BCUT2D eigenvalue weighted by molar-refractivity contribution is 5.92. The third kappa shape index (κ3) is 3.89. The van der Waals surface area contributed by atoms with E-state index in [9.17, 15) is 4.79 Å². The first kappa shape index (κ1) is 17.8. The Bertz CT molecular complexity index is 776. The molecule has 4 rings (SSSR count). The van der Waals surface area contributed by atoms with E-state index in [0.717, 1.165) is 17.1 Å². The van der Waals surface area contributed by atoms with Gasteiger partial charge in [-0.25, -0.2) is 4.98 Å². The molecule has 0 aliphatic carbocycles. The minimum atomic E-state index is -0.476. The number of rotatable bonds is 4. The van der Waals surface area contributed by atoms with Gasteiger partial charge in [-0.15, -0.1) is 0 Å². The van der Waals surface area contributed by atoms with Crippen molar-refractivity contribution in [2.45, 2.75) is 18.6 Å². The summed E-state index contributed by atoms with van der Waals surface area (Å²) in [6.07, 6.45) is 3.08. The van der Waals surface area contributed by atoms with Gasteiger partial charge in [-0.1, -0.05) is 0 Å². The fourth-order valence-corrected chi connectivity index (χ4v) is 3.43. The fraction of sp³-hybridized carbons (Fsp3) is 0.400. The summed E-state index contributed by atoms with van der Waals surface area (Å²) in [5, 5.41) is 3.26. The van der Waals surface area contributed by atoms with E-state index in [1.165, 1.54) is 0 Å². The molecule has 1 N–H and O–H groups in total. The third-order valence-corrected chi connectivity index (χ3v) is 4.99. The minimum absolute atomic E-state index is 0.0566. The zero-order valence-electron chi connectivity index (χ0n) is 15.3. The number of amides is 1. The lowest BCUT2D eigenvalue weighted by Crippen LogP contribution is -2.47. The number of carbonyl (C=O) groups is 1. The molecule has 7 heteroatoms. The van der Waals surface area contributed by atoms with Crippen molar-refractivity contribution in [1.29, 1.82) is 0 Å². The Morgan fingerprint density at radius 2 is 1.74 bits per heavy atom. The molecule has 0 atom stereocenters. The molecule has 2 aliphatic heterocycles. The summed E-state index contributed by atoms with van der Waals surface area (Å²) in [5.41, 5.74) is 2.19. The Labute approximate surface area is 158 Å². The van der Waals surface area contributed by atoms with E-state index >= 15 is 0 Å². The first-order valence-corrected chi connectivity index (χ1v) is 9.12. The van der Waals surface area contributed by atoms with Crippen LogP contribution in [0.25, 0.3) is 0 Å². The average molecular weight is 369 g/mol. The number of ether oxygens (including phenoxy) is 3. The summed E-state index contributed by atoms with van der Waals surface area (Å²) in [7, 11) is 1.64. The second-order valence-electron chi connectivity index (χ2n) is 6.69. The Hall–Kier alpha value is -2.64. The predicted molar refractivity (Wildman–Crippen MR) is 100 cm³/mol. The molecule has 2 fully saturated rings. The molecule has 2 saturated heterocycles. The quantitative estimate of drug-likeness (QED) is 0.893. The van der Waals surface area contributed by atoms with Crippen LogP contribution in [0, 0.1) is 0 Å². The lowest BCUT2D eigenvalue weighted by atomic mass is 10.0. The Kier molecular flexibility index (Phi) is 4.96. The van der Waals surface area contributed by atoms with Crippen LogP contribution in [0.1, 0.15) is 23.3 Å². The van der Waals surface area contributed by atoms with Crippen LogP contribution in [0.15, 0.2) is 42.6 Å². The number of anilines is 2. The molecule has 7 nitrogen and oxygen atoms in total. The molecule has 0 radical (unpaired) electrons. The van der Waals surface area contributed by atoms with Crippen LogP contribution < -0.4 is 10.1 Å². The van der Waals surface area contributed by atoms with Crippen molar-refractivity contribution in [2.75, 3.05) is 38.7 Å². The Balaban J connectivity index is 1.36. The molecule has 0 unspecified atom stereocenters. The second kappa shape index (κ2) is 7.54. The second-order valence-corrected chi connectivity index (χ2v) is 6.69. The number of hydrogen-bond donors (Lipinski definition) is 1. The highest BCUT2D eigenvalue weighted by Crippen LogP contribution is 2.31. The summed E-state index contributed by atoms with van der Waals surface area (Å²) in [6.45, 7) is 2.51. The number of likely N-dealkylation sites (tertiary alicyclic amines) is 1. The van der Waals surface area contributed by atoms with E-state index in [1.807, 2.05) is 35.2 Å². The Morgan fingerprint density at radius 3 is 2.33 bits per heavy atom. The van der Waals surface area contributed by atoms with Crippen LogP contribution >= 0.6 is 0 Å². The van der Waals surface area contributed by atoms with Crippen molar-refractivity contribution >= 4 is 17.3 Å². The van der Waals surface area contributed by atoms with Gasteiger partial charge in [0.1, 0.15) is 11.4 Å². The van der Waals surface area contributed by atoms with Crippen molar-refractivity contribution < 1.29 is 19.0 Å². The van der Waals surface area contributed by atoms with Gasteiger partial charge in [0.05, 0.1) is 32.2 Å². The number of carbonyl (C=O) groups excluding carboxylic acids is 1. The zero-order chi connectivity index (χ0) is 18.7. The van der Waals surface area contributed by atoms with E-state index in [0.29, 0.717) is 44.8 Å². The molecule has 0 saturated carbocycles. The highest BCUT2D eigenvalue weighted by Gasteiger charge is 2.40. The molecule has 1 spiro atoms. The van der Waals surface area contributed by atoms with Gasteiger partial charge in [0, 0.05) is 31.6 Å². The maximum Gasteiger partial charge on any atom is 0.272 e. The number of piperidine rings is 1. The van der Waals surface area contributed by atoms with Crippen molar-refractivity contribution in [3.63, 3.8) is 0 Å². The monoisotopic (exact) mass is 369 g/mol. The van der Waals surface area contributed by atoms with Crippen LogP contribution in [0.2, 0.25) is 0 Å². The first-order valence-electron chi connectivity index (χ1n) is 9.12. The van der Waals surface area contributed by atoms with Gasteiger partial charge in [0.15, 0.2) is 5.79 Å². The smallest absolute Gasteiger partial charge is 0.272 e. The molecule has 142 valence electrons. The third-order valence-electron chi connectivity index (χ3n) is 4.99. The zero-order valence-corrected chi connectivity index (χ0v) is 15.3. The minimum Gasteiger partial charge on any atom is -0.497 e. The number of hydrogen-bond acceptors (Lipinski definition) is 6. The molecule has 1 amide bonds. The van der Waals surface area contributed by atoms with Crippen molar-refractivity contribution in [1.82, 2.24) is 9.88 Å². The van der Waals surface area contributed by atoms with Crippen molar-refractivity contribution in [3.8, 4) is 5.75 Å². The van der Waals surface area contributed by atoms with Crippen LogP contribution in [0.3, 0.4) is 0 Å². The van der Waals surface area contributed by atoms with E-state index in [2.05, 4.69) is 10.3 Å². The summed E-state index contributed by atoms with van der Waals surface area (Å²) in [5.74, 6) is 0.270. The molecule has 2 aromatic rings. The van der Waals surface area contributed by atoms with Gasteiger partial charge >= 0.3 is 0 Å². The highest BCUT2D eigenvalue weighted by atomic mass is 16.7. The predicted octanol–water partition coefficient (Wildman–Crippen LogP) is 2.81. The molecule has 0 bridgehead atoms. The van der Waals surface area contributed by atoms with E-state index < -0.39 is 5.79 Å². The summed E-state index contributed by atoms with van der Waals surface area (Å²) in [4.78, 5) is 18.8. The van der Waals surface area contributed by atoms with Crippen LogP contribution in [0.5, 0.6) is 5.75 Å². The lowest BCUT2D eigenvalue weighted by molar-refractivity contribution is -0.181. The van der Waals surface area contributed by atoms with E-state index in [4.69, 9.17) is 14.2 Å². The lowest BCUT2D eigenvalue weighted by Gasteiger charge is -2.37. The van der Waals surface area contributed by atoms with Gasteiger partial charge in [0.25, 0.3) is 5.91 Å². The SMILES string of the molecule is COc1ccc(Nc2ccc(C(=O)N3CCC4(CC3)OCCO4)nc2)cc1. The standard InChI is InChI=1S/C20H23N3O4/c1-25-17-5-2-15(3-6-17)22-16-4-7-18(21-14-16)19(24)23-10-8-20(9-11-23)26-12-13-27-20/h2-7,14,22H,8-13H2,1H3. The number of nitrogens with zero attached hydrogens (tertiary/aromatic N) is 2. The maximum atomic E-state index is 12.7. The molecule has 1 aromatic heterocycles. The maximum absolute atomic E-state index is 12.7. The Morgan fingerprint density at radius 1 is 1.07 bits per heavy atom. The molecule has 3 heterocycles. The van der Waals surface area contributed by atoms with E-state index in [-0.39, 0.29) is 5.91 Å². The van der Waals surface area contributed by atoms with E-state index in [1.54, 1.807) is 19.4 Å². The largest absolute Gasteiger partial charge is 0.497 e. The number of nitrogens with one attached hydrogen (secondary N) is 1. The van der Waals surface area contributed by atoms with Crippen molar-refractivity contribution in [2.24, 2.45) is 0 Å². The van der Waals surface area contributed by atoms with Crippen LogP contribution in [-0.4, -0.2) is 55.0 Å². The molecular formula is C20H23N3O4. The normalized spacial score (nSPS) is 18.5. The fourth-order valence-electron chi connectivity index (χ4n) is 3.43. The number of benzene rings is 1. The van der Waals surface area contributed by atoms with Crippen molar-refractivity contribution in [3.05, 3.63) is 48.3 Å². The average Bonchev–Trinajstić information content (AvgIpc) is 3.17. The topological polar surface area (TPSA) is 72.9 Å². The van der Waals surface area contributed by atoms with Gasteiger partial charge in [0.2, 0.25) is 0 Å². The van der Waals surface area contributed by atoms with Crippen LogP contribution in [0.4, 0.5) is 11.4 Å². The van der Waals surface area contributed by atoms with Gasteiger partial charge in [-0.05, 0) is 36.4 Å². The molecule has 1 aromatic carbocycles. The molecule has 2 aliphatic rings. The van der Waals surface area contributed by atoms with Gasteiger partial charge in [-0.3, -0.25) is 4.79 Å². The first-order chi connectivity index (χ1) is 13.2. The number of aromatic nitrogens is 1. The van der Waals surface area contributed by atoms with Crippen LogP contribution in [-0.2, 0) is 9.47 Å². The summed E-state index contributed by atoms with van der Waals surface area (Å²) >= 11 is 0. The molecule has 27 heavy (non-hydrogen) atoms. The number of methoxy groups -OCH3 is 1. The van der Waals surface area contributed by atoms with Gasteiger partial charge < -0.3 is 24.4 Å². The summed E-state index contributed by atoms with van der Waals surface area (Å²) < 4.78 is 16.6.